The monoisotopic (exact) mass is 343 g/mol. The van der Waals surface area contributed by atoms with Gasteiger partial charge in [0.2, 0.25) is 11.8 Å². The Bertz CT molecular complexity index is 747. The van der Waals surface area contributed by atoms with Crippen LogP contribution in [-0.2, 0) is 16.1 Å². The lowest BCUT2D eigenvalue weighted by Gasteiger charge is -2.32. The summed E-state index contributed by atoms with van der Waals surface area (Å²) in [6.45, 7) is 1.32. The van der Waals surface area contributed by atoms with Crippen LogP contribution >= 0.6 is 0 Å². The highest BCUT2D eigenvalue weighted by molar-refractivity contribution is 5.76. The number of hydrogen-bond acceptors (Lipinski definition) is 5. The van der Waals surface area contributed by atoms with Gasteiger partial charge in [0.05, 0.1) is 19.3 Å². The summed E-state index contributed by atoms with van der Waals surface area (Å²) < 4.78 is 12.9. The molecule has 132 valence electrons. The molecule has 1 N–H and O–H groups in total. The molecule has 0 spiro atoms. The van der Waals surface area contributed by atoms with E-state index >= 15 is 0 Å². The van der Waals surface area contributed by atoms with Gasteiger partial charge in [0.1, 0.15) is 6.10 Å². The van der Waals surface area contributed by atoms with Crippen LogP contribution in [0.1, 0.15) is 12.8 Å². The summed E-state index contributed by atoms with van der Waals surface area (Å²) in [5.74, 6) is 0.394. The molecule has 0 aromatic carbocycles. The second kappa shape index (κ2) is 8.43. The topological polar surface area (TPSA) is 82.5 Å². The minimum atomic E-state index is -0.240. The van der Waals surface area contributed by atoms with Crippen molar-refractivity contribution in [3.05, 3.63) is 59.1 Å². The summed E-state index contributed by atoms with van der Waals surface area (Å²) in [7, 11) is 0. The quantitative estimate of drug-likeness (QED) is 0.846. The van der Waals surface area contributed by atoms with E-state index in [0.29, 0.717) is 32.1 Å². The van der Waals surface area contributed by atoms with Crippen LogP contribution < -0.4 is 15.6 Å². The lowest BCUT2D eigenvalue weighted by molar-refractivity contribution is -0.124. The van der Waals surface area contributed by atoms with Crippen molar-refractivity contribution in [3.63, 3.8) is 0 Å². The first kappa shape index (κ1) is 17.2. The standard InChI is InChI=1S/C18H21N3O4/c22-16(7-11-21-10-4-2-6-18(21)23)20-14-13-24-12-8-15(14)25-17-5-1-3-9-19-17/h1-6,9-10,14-15H,7-8,11-13H2,(H,20,22)/t14-,15-/m1/s1. The number of carbonyl (C=O) groups excluding carboxylic acids is 1. The van der Waals surface area contributed by atoms with E-state index < -0.39 is 0 Å². The van der Waals surface area contributed by atoms with Gasteiger partial charge in [-0.15, -0.1) is 0 Å². The molecule has 1 amide bonds. The number of carbonyl (C=O) groups is 1. The van der Waals surface area contributed by atoms with Gasteiger partial charge in [-0.25, -0.2) is 4.98 Å². The Morgan fingerprint density at radius 1 is 1.32 bits per heavy atom. The molecule has 1 fully saturated rings. The van der Waals surface area contributed by atoms with Gasteiger partial charge in [-0.1, -0.05) is 12.1 Å². The summed E-state index contributed by atoms with van der Waals surface area (Å²) in [5, 5.41) is 2.95. The molecule has 7 nitrogen and oxygen atoms in total. The van der Waals surface area contributed by atoms with Gasteiger partial charge in [0.25, 0.3) is 5.56 Å². The predicted molar refractivity (Wildman–Crippen MR) is 91.3 cm³/mol. The molecule has 3 heterocycles. The summed E-state index contributed by atoms with van der Waals surface area (Å²) in [6.07, 6.45) is 4.05. The fourth-order valence-corrected chi connectivity index (χ4v) is 2.71. The van der Waals surface area contributed by atoms with Gasteiger partial charge in [-0.05, 0) is 12.1 Å². The molecule has 0 saturated carbocycles. The number of ether oxygens (including phenoxy) is 2. The number of nitrogens with one attached hydrogen (secondary N) is 1. The van der Waals surface area contributed by atoms with Crippen molar-refractivity contribution in [2.24, 2.45) is 0 Å². The van der Waals surface area contributed by atoms with Crippen molar-refractivity contribution < 1.29 is 14.3 Å². The molecule has 1 aliphatic rings. The van der Waals surface area contributed by atoms with Crippen LogP contribution in [0.25, 0.3) is 0 Å². The minimum Gasteiger partial charge on any atom is -0.472 e. The lowest BCUT2D eigenvalue weighted by atomic mass is 10.1. The number of pyridine rings is 2. The third-order valence-corrected chi connectivity index (χ3v) is 4.03. The van der Waals surface area contributed by atoms with Crippen molar-refractivity contribution in [2.75, 3.05) is 13.2 Å². The van der Waals surface area contributed by atoms with Crippen LogP contribution in [0.3, 0.4) is 0 Å². The fourth-order valence-electron chi connectivity index (χ4n) is 2.71. The first-order valence-electron chi connectivity index (χ1n) is 8.32. The average molecular weight is 343 g/mol. The maximum absolute atomic E-state index is 12.2. The summed E-state index contributed by atoms with van der Waals surface area (Å²) in [6, 6.07) is 10.1. The van der Waals surface area contributed by atoms with Gasteiger partial charge in [0, 0.05) is 43.9 Å². The Kier molecular flexibility index (Phi) is 5.79. The molecule has 3 rings (SSSR count). The highest BCUT2D eigenvalue weighted by Gasteiger charge is 2.29. The zero-order chi connectivity index (χ0) is 17.5. The number of rotatable bonds is 6. The average Bonchev–Trinajstić information content (AvgIpc) is 2.64. The second-order valence-corrected chi connectivity index (χ2v) is 5.84. The molecule has 2 aromatic rings. The van der Waals surface area contributed by atoms with E-state index in [4.69, 9.17) is 9.47 Å². The van der Waals surface area contributed by atoms with Crippen LogP contribution in [0.2, 0.25) is 0 Å². The SMILES string of the molecule is O=C(CCn1ccccc1=O)N[C@@H]1COCC[C@H]1Oc1ccccn1. The number of aromatic nitrogens is 2. The number of aryl methyl sites for hydroxylation is 1. The maximum atomic E-state index is 12.2. The van der Waals surface area contributed by atoms with E-state index in [-0.39, 0.29) is 30.0 Å². The second-order valence-electron chi connectivity index (χ2n) is 5.84. The molecule has 0 aliphatic carbocycles. The maximum Gasteiger partial charge on any atom is 0.250 e. The predicted octanol–water partition coefficient (Wildman–Crippen LogP) is 0.986. The Labute approximate surface area is 145 Å². The van der Waals surface area contributed by atoms with E-state index in [0.717, 1.165) is 0 Å². The van der Waals surface area contributed by atoms with Gasteiger partial charge < -0.3 is 19.4 Å². The molecule has 0 unspecified atom stereocenters. The molecular weight excluding hydrogens is 322 g/mol. The zero-order valence-electron chi connectivity index (χ0n) is 13.8. The molecule has 0 radical (unpaired) electrons. The molecule has 0 bridgehead atoms. The molecule has 2 atom stereocenters. The smallest absolute Gasteiger partial charge is 0.250 e. The highest BCUT2D eigenvalue weighted by atomic mass is 16.5. The van der Waals surface area contributed by atoms with Crippen molar-refractivity contribution >= 4 is 5.91 Å². The van der Waals surface area contributed by atoms with Gasteiger partial charge >= 0.3 is 0 Å². The van der Waals surface area contributed by atoms with Gasteiger partial charge in [-0.3, -0.25) is 9.59 Å². The molecule has 2 aromatic heterocycles. The molecule has 1 aliphatic heterocycles. The Hall–Kier alpha value is -2.67. The molecular formula is C18H21N3O4. The summed E-state index contributed by atoms with van der Waals surface area (Å²) in [5.41, 5.74) is -0.118. The first-order chi connectivity index (χ1) is 12.2. The van der Waals surface area contributed by atoms with Crippen LogP contribution in [0.5, 0.6) is 5.88 Å². The van der Waals surface area contributed by atoms with Crippen LogP contribution in [0, 0.1) is 0 Å². The largest absolute Gasteiger partial charge is 0.472 e. The van der Waals surface area contributed by atoms with Crippen molar-refractivity contribution in [3.8, 4) is 5.88 Å². The van der Waals surface area contributed by atoms with E-state index in [1.54, 1.807) is 30.6 Å². The minimum absolute atomic E-state index is 0.118. The summed E-state index contributed by atoms with van der Waals surface area (Å²) >= 11 is 0. The van der Waals surface area contributed by atoms with Crippen molar-refractivity contribution in [1.29, 1.82) is 0 Å². The van der Waals surface area contributed by atoms with Crippen molar-refractivity contribution in [2.45, 2.75) is 31.5 Å². The van der Waals surface area contributed by atoms with Crippen molar-refractivity contribution in [1.82, 2.24) is 14.9 Å². The zero-order valence-corrected chi connectivity index (χ0v) is 13.8. The number of hydrogen-bond donors (Lipinski definition) is 1. The fraction of sp³-hybridized carbons (Fsp3) is 0.389. The lowest BCUT2D eigenvalue weighted by Crippen LogP contribution is -2.52. The Morgan fingerprint density at radius 2 is 2.20 bits per heavy atom. The third-order valence-electron chi connectivity index (χ3n) is 4.03. The number of amides is 1. The Morgan fingerprint density at radius 3 is 3.00 bits per heavy atom. The third kappa shape index (κ3) is 4.90. The van der Waals surface area contributed by atoms with Gasteiger partial charge in [-0.2, -0.15) is 0 Å². The first-order valence-corrected chi connectivity index (χ1v) is 8.32. The van der Waals surface area contributed by atoms with E-state index in [9.17, 15) is 9.59 Å². The summed E-state index contributed by atoms with van der Waals surface area (Å²) in [4.78, 5) is 28.1. The van der Waals surface area contributed by atoms with E-state index in [1.165, 1.54) is 10.6 Å². The normalized spacial score (nSPS) is 20.0. The molecule has 7 heteroatoms. The van der Waals surface area contributed by atoms with Crippen LogP contribution in [0.15, 0.2) is 53.6 Å². The molecule has 1 saturated heterocycles. The highest BCUT2D eigenvalue weighted by Crippen LogP contribution is 2.16. The van der Waals surface area contributed by atoms with Crippen LogP contribution in [0.4, 0.5) is 0 Å². The Balaban J connectivity index is 1.55. The van der Waals surface area contributed by atoms with E-state index in [2.05, 4.69) is 10.3 Å². The van der Waals surface area contributed by atoms with E-state index in [1.807, 2.05) is 12.1 Å². The van der Waals surface area contributed by atoms with Crippen LogP contribution in [-0.4, -0.2) is 40.8 Å². The number of nitrogens with zero attached hydrogens (tertiary/aromatic N) is 2. The van der Waals surface area contributed by atoms with Gasteiger partial charge in [0.15, 0.2) is 0 Å². The molecule has 25 heavy (non-hydrogen) atoms.